The maximum absolute atomic E-state index is 11.5. The zero-order valence-electron chi connectivity index (χ0n) is 8.11. The summed E-state index contributed by atoms with van der Waals surface area (Å²) in [7, 11) is 0. The molecule has 1 nitrogen and oxygen atoms in total. The van der Waals surface area contributed by atoms with E-state index in [9.17, 15) is 4.79 Å². The molecule has 0 unspecified atom stereocenters. The zero-order valence-corrected chi connectivity index (χ0v) is 8.11. The van der Waals surface area contributed by atoms with Crippen molar-refractivity contribution < 1.29 is 4.79 Å². The van der Waals surface area contributed by atoms with Gasteiger partial charge in [-0.1, -0.05) is 26.5 Å². The molecule has 0 aliphatic heterocycles. The third-order valence-electron chi connectivity index (χ3n) is 2.26. The minimum absolute atomic E-state index is 0.149. The Kier molecular flexibility index (Phi) is 2.22. The summed E-state index contributed by atoms with van der Waals surface area (Å²) in [6.45, 7) is 9.92. The highest BCUT2D eigenvalue weighted by Crippen LogP contribution is 2.33. The Hall–Kier alpha value is -0.850. The van der Waals surface area contributed by atoms with Crippen LogP contribution in [-0.4, -0.2) is 5.78 Å². The summed E-state index contributed by atoms with van der Waals surface area (Å²) in [6.07, 6.45) is 3.67. The molecule has 66 valence electrons. The molecule has 0 N–H and O–H groups in total. The van der Waals surface area contributed by atoms with Crippen LogP contribution in [-0.2, 0) is 4.79 Å². The van der Waals surface area contributed by atoms with Gasteiger partial charge in [0.05, 0.1) is 0 Å². The third kappa shape index (κ3) is 1.84. The molecule has 0 heterocycles. The molecule has 0 fully saturated rings. The highest BCUT2D eigenvalue weighted by Gasteiger charge is 2.27. The minimum Gasteiger partial charge on any atom is -0.294 e. The normalized spacial score (nSPS) is 21.9. The molecule has 0 bridgehead atoms. The Balaban J connectivity index is 2.89. The predicted molar refractivity (Wildman–Crippen MR) is 50.9 cm³/mol. The lowest BCUT2D eigenvalue weighted by atomic mass is 9.76. The first kappa shape index (κ1) is 9.24. The fourth-order valence-corrected chi connectivity index (χ4v) is 1.51. The van der Waals surface area contributed by atoms with Crippen LogP contribution in [0.4, 0.5) is 0 Å². The van der Waals surface area contributed by atoms with Crippen molar-refractivity contribution in [2.24, 2.45) is 5.41 Å². The van der Waals surface area contributed by atoms with E-state index in [1.54, 1.807) is 0 Å². The minimum atomic E-state index is 0.149. The molecule has 1 rings (SSSR count). The molecule has 0 spiro atoms. The van der Waals surface area contributed by atoms with E-state index in [4.69, 9.17) is 0 Å². The highest BCUT2D eigenvalue weighted by atomic mass is 16.1. The van der Waals surface area contributed by atoms with Crippen LogP contribution >= 0.6 is 0 Å². The number of Topliss-reactive ketones (excluding diaryl/α,β-unsaturated/α-hetero) is 1. The number of allylic oxidation sites excluding steroid dienone is 3. The van der Waals surface area contributed by atoms with E-state index in [0.29, 0.717) is 6.42 Å². The molecule has 0 radical (unpaired) electrons. The maximum Gasteiger partial charge on any atom is 0.163 e. The monoisotopic (exact) mass is 164 g/mol. The fraction of sp³-hybridized carbons (Fsp3) is 0.545. The topological polar surface area (TPSA) is 17.1 Å². The van der Waals surface area contributed by atoms with E-state index in [0.717, 1.165) is 17.6 Å². The first-order chi connectivity index (χ1) is 5.42. The number of ketones is 1. The second-order valence-corrected chi connectivity index (χ2v) is 4.37. The number of hydrogen-bond donors (Lipinski definition) is 0. The lowest BCUT2D eigenvalue weighted by Crippen LogP contribution is -2.22. The number of carbonyl (C=O) groups excluding carboxylic acids is 1. The summed E-state index contributed by atoms with van der Waals surface area (Å²) >= 11 is 0. The van der Waals surface area contributed by atoms with Crippen LogP contribution in [0.2, 0.25) is 0 Å². The van der Waals surface area contributed by atoms with Crippen LogP contribution in [0.5, 0.6) is 0 Å². The standard InChI is InChI=1S/C11H16O/c1-8(2)9-5-6-11(3,4)7-10(9)12/h5H,1,6-7H2,2-4H3. The molecule has 0 aromatic rings. The summed E-state index contributed by atoms with van der Waals surface area (Å²) in [6, 6.07) is 0. The van der Waals surface area contributed by atoms with Crippen molar-refractivity contribution in [3.8, 4) is 0 Å². The number of hydrogen-bond acceptors (Lipinski definition) is 1. The predicted octanol–water partition coefficient (Wildman–Crippen LogP) is 2.88. The second kappa shape index (κ2) is 2.89. The summed E-state index contributed by atoms with van der Waals surface area (Å²) in [5.74, 6) is 0.249. The average molecular weight is 164 g/mol. The maximum atomic E-state index is 11.5. The first-order valence-electron chi connectivity index (χ1n) is 4.32. The van der Waals surface area contributed by atoms with E-state index < -0.39 is 0 Å². The van der Waals surface area contributed by atoms with Crippen molar-refractivity contribution in [2.45, 2.75) is 33.6 Å². The fourth-order valence-electron chi connectivity index (χ4n) is 1.51. The van der Waals surface area contributed by atoms with Crippen molar-refractivity contribution in [2.75, 3.05) is 0 Å². The van der Waals surface area contributed by atoms with Crippen LogP contribution < -0.4 is 0 Å². The van der Waals surface area contributed by atoms with Crippen LogP contribution in [0.3, 0.4) is 0 Å². The first-order valence-corrected chi connectivity index (χ1v) is 4.32. The van der Waals surface area contributed by atoms with E-state index in [1.165, 1.54) is 0 Å². The number of rotatable bonds is 1. The van der Waals surface area contributed by atoms with Gasteiger partial charge in [0.25, 0.3) is 0 Å². The quantitative estimate of drug-likeness (QED) is 0.582. The summed E-state index contributed by atoms with van der Waals surface area (Å²) in [5, 5.41) is 0. The van der Waals surface area contributed by atoms with Gasteiger partial charge in [-0.25, -0.2) is 0 Å². The Bertz CT molecular complexity index is 256. The van der Waals surface area contributed by atoms with E-state index in [1.807, 2.05) is 13.0 Å². The van der Waals surface area contributed by atoms with Crippen LogP contribution in [0.25, 0.3) is 0 Å². The van der Waals surface area contributed by atoms with Gasteiger partial charge in [0.15, 0.2) is 5.78 Å². The molecule has 12 heavy (non-hydrogen) atoms. The Morgan fingerprint density at radius 3 is 2.58 bits per heavy atom. The highest BCUT2D eigenvalue weighted by molar-refractivity contribution is 6.00. The third-order valence-corrected chi connectivity index (χ3v) is 2.26. The molecule has 1 aliphatic rings. The van der Waals surface area contributed by atoms with Gasteiger partial charge < -0.3 is 0 Å². The van der Waals surface area contributed by atoms with Gasteiger partial charge in [0.1, 0.15) is 0 Å². The van der Waals surface area contributed by atoms with Gasteiger partial charge >= 0.3 is 0 Å². The molecule has 0 saturated heterocycles. The summed E-state index contributed by atoms with van der Waals surface area (Å²) < 4.78 is 0. The van der Waals surface area contributed by atoms with Crippen molar-refractivity contribution >= 4 is 5.78 Å². The van der Waals surface area contributed by atoms with Crippen molar-refractivity contribution in [3.63, 3.8) is 0 Å². The van der Waals surface area contributed by atoms with Crippen molar-refractivity contribution in [3.05, 3.63) is 23.8 Å². The second-order valence-electron chi connectivity index (χ2n) is 4.37. The SMILES string of the molecule is C=C(C)C1=CCC(C)(C)CC1=O. The van der Waals surface area contributed by atoms with Gasteiger partial charge in [-0.3, -0.25) is 4.79 Å². The molecule has 0 saturated carbocycles. The van der Waals surface area contributed by atoms with Crippen molar-refractivity contribution in [1.29, 1.82) is 0 Å². The van der Waals surface area contributed by atoms with Gasteiger partial charge in [-0.05, 0) is 24.3 Å². The van der Waals surface area contributed by atoms with E-state index in [-0.39, 0.29) is 11.2 Å². The Labute approximate surface area is 74.2 Å². The van der Waals surface area contributed by atoms with Gasteiger partial charge in [0.2, 0.25) is 0 Å². The molecule has 0 amide bonds. The largest absolute Gasteiger partial charge is 0.294 e. The number of carbonyl (C=O) groups is 1. The van der Waals surface area contributed by atoms with Crippen molar-refractivity contribution in [1.82, 2.24) is 0 Å². The Morgan fingerprint density at radius 2 is 2.17 bits per heavy atom. The van der Waals surface area contributed by atoms with Gasteiger partial charge in [0, 0.05) is 12.0 Å². The molecule has 0 atom stereocenters. The van der Waals surface area contributed by atoms with Gasteiger partial charge in [-0.15, -0.1) is 0 Å². The molecule has 1 heteroatoms. The van der Waals surface area contributed by atoms with Gasteiger partial charge in [-0.2, -0.15) is 0 Å². The van der Waals surface area contributed by atoms with Crippen LogP contribution in [0.15, 0.2) is 23.8 Å². The average Bonchev–Trinajstić information content (AvgIpc) is 1.83. The molecular weight excluding hydrogens is 148 g/mol. The van der Waals surface area contributed by atoms with Crippen LogP contribution in [0, 0.1) is 5.41 Å². The smallest absolute Gasteiger partial charge is 0.163 e. The lowest BCUT2D eigenvalue weighted by Gasteiger charge is -2.27. The summed E-state index contributed by atoms with van der Waals surface area (Å²) in [5.41, 5.74) is 1.89. The summed E-state index contributed by atoms with van der Waals surface area (Å²) in [4.78, 5) is 11.5. The molecule has 0 aromatic heterocycles. The van der Waals surface area contributed by atoms with Crippen LogP contribution in [0.1, 0.15) is 33.6 Å². The lowest BCUT2D eigenvalue weighted by molar-refractivity contribution is -0.117. The van der Waals surface area contributed by atoms with E-state index >= 15 is 0 Å². The molecular formula is C11H16O. The Morgan fingerprint density at radius 1 is 1.58 bits per heavy atom. The molecule has 1 aliphatic carbocycles. The van der Waals surface area contributed by atoms with E-state index in [2.05, 4.69) is 20.4 Å². The zero-order chi connectivity index (χ0) is 9.35. The molecule has 0 aromatic carbocycles.